The molecule has 104 valence electrons. The average Bonchev–Trinajstić information content (AvgIpc) is 2.94. The Morgan fingerprint density at radius 1 is 1.30 bits per heavy atom. The first-order valence-electron chi connectivity index (χ1n) is 6.87. The van der Waals surface area contributed by atoms with Crippen molar-refractivity contribution in [2.75, 3.05) is 0 Å². The number of benzene rings is 1. The molecule has 0 spiro atoms. The Labute approximate surface area is 117 Å². The minimum absolute atomic E-state index is 0.00848. The Kier molecular flexibility index (Phi) is 3.56. The largest absolute Gasteiger partial charge is 0.475 e. The van der Waals surface area contributed by atoms with Gasteiger partial charge in [-0.25, -0.2) is 4.79 Å². The molecule has 0 radical (unpaired) electrons. The number of aryl methyl sites for hydroxylation is 1. The average molecular weight is 271 g/mol. The van der Waals surface area contributed by atoms with Gasteiger partial charge in [-0.1, -0.05) is 24.3 Å². The minimum atomic E-state index is -1.03. The number of hydrogen-bond acceptors (Lipinski definition) is 3. The molecule has 1 aliphatic carbocycles. The normalized spacial score (nSPS) is 17.7. The molecule has 4 nitrogen and oxygen atoms in total. The van der Waals surface area contributed by atoms with Crippen molar-refractivity contribution in [3.8, 4) is 0 Å². The molecule has 1 aliphatic rings. The van der Waals surface area contributed by atoms with Crippen LogP contribution >= 0.6 is 0 Å². The Bertz CT molecular complexity index is 618. The van der Waals surface area contributed by atoms with Crippen LogP contribution in [0.5, 0.6) is 0 Å². The molecule has 0 bridgehead atoms. The summed E-state index contributed by atoms with van der Waals surface area (Å²) in [5.41, 5.74) is 2.76. The molecule has 0 amide bonds. The van der Waals surface area contributed by atoms with E-state index in [1.54, 1.807) is 6.07 Å². The van der Waals surface area contributed by atoms with Gasteiger partial charge in [0.15, 0.2) is 0 Å². The van der Waals surface area contributed by atoms with Crippen LogP contribution in [0.3, 0.4) is 0 Å². The van der Waals surface area contributed by atoms with Crippen LogP contribution in [-0.2, 0) is 13.0 Å². The van der Waals surface area contributed by atoms with Crippen molar-refractivity contribution in [3.05, 3.63) is 59.0 Å². The van der Waals surface area contributed by atoms with E-state index in [4.69, 9.17) is 9.52 Å². The number of nitrogens with one attached hydrogen (secondary N) is 1. The molecule has 0 saturated carbocycles. The third-order valence-electron chi connectivity index (χ3n) is 3.76. The molecule has 1 aromatic carbocycles. The van der Waals surface area contributed by atoms with Crippen molar-refractivity contribution in [2.24, 2.45) is 0 Å². The summed E-state index contributed by atoms with van der Waals surface area (Å²) in [4.78, 5) is 10.8. The first-order valence-corrected chi connectivity index (χ1v) is 6.87. The van der Waals surface area contributed by atoms with Crippen molar-refractivity contribution >= 4 is 5.97 Å². The Morgan fingerprint density at radius 3 is 2.95 bits per heavy atom. The fourth-order valence-corrected chi connectivity index (χ4v) is 2.78. The van der Waals surface area contributed by atoms with Gasteiger partial charge < -0.3 is 14.8 Å². The lowest BCUT2D eigenvalue weighted by Gasteiger charge is -2.26. The predicted octanol–water partition coefficient (Wildman–Crippen LogP) is 3.15. The quantitative estimate of drug-likeness (QED) is 0.896. The van der Waals surface area contributed by atoms with Gasteiger partial charge in [0.2, 0.25) is 5.76 Å². The number of rotatable bonds is 4. The molecule has 20 heavy (non-hydrogen) atoms. The number of carboxylic acids is 1. The maximum Gasteiger partial charge on any atom is 0.371 e. The molecule has 4 heteroatoms. The van der Waals surface area contributed by atoms with Crippen LogP contribution in [0.1, 0.15) is 46.3 Å². The zero-order valence-corrected chi connectivity index (χ0v) is 11.1. The van der Waals surface area contributed by atoms with Crippen LogP contribution < -0.4 is 5.32 Å². The highest BCUT2D eigenvalue weighted by Gasteiger charge is 2.19. The second-order valence-corrected chi connectivity index (χ2v) is 5.10. The molecule has 0 saturated heterocycles. The van der Waals surface area contributed by atoms with Crippen LogP contribution in [0, 0.1) is 0 Å². The van der Waals surface area contributed by atoms with E-state index >= 15 is 0 Å². The molecule has 1 unspecified atom stereocenters. The van der Waals surface area contributed by atoms with Crippen LogP contribution in [0.2, 0.25) is 0 Å². The van der Waals surface area contributed by atoms with Crippen LogP contribution in [0.25, 0.3) is 0 Å². The molecule has 3 rings (SSSR count). The van der Waals surface area contributed by atoms with E-state index < -0.39 is 5.97 Å². The number of furan rings is 1. The maximum atomic E-state index is 10.8. The highest BCUT2D eigenvalue weighted by atomic mass is 16.4. The summed E-state index contributed by atoms with van der Waals surface area (Å²) in [6.45, 7) is 0.548. The zero-order chi connectivity index (χ0) is 13.9. The smallest absolute Gasteiger partial charge is 0.371 e. The highest BCUT2D eigenvalue weighted by molar-refractivity contribution is 5.84. The first kappa shape index (κ1) is 12.9. The summed E-state index contributed by atoms with van der Waals surface area (Å²) in [6.07, 6.45) is 3.41. The van der Waals surface area contributed by atoms with Crippen molar-refractivity contribution in [1.82, 2.24) is 5.32 Å². The van der Waals surface area contributed by atoms with Crippen molar-refractivity contribution in [1.29, 1.82) is 0 Å². The number of hydrogen-bond donors (Lipinski definition) is 2. The van der Waals surface area contributed by atoms with Gasteiger partial charge in [-0.05, 0) is 42.5 Å². The third-order valence-corrected chi connectivity index (χ3v) is 3.76. The molecule has 0 aliphatic heterocycles. The maximum absolute atomic E-state index is 10.8. The van der Waals surface area contributed by atoms with Gasteiger partial charge in [0.1, 0.15) is 5.76 Å². The number of carbonyl (C=O) groups is 1. The zero-order valence-electron chi connectivity index (χ0n) is 11.1. The minimum Gasteiger partial charge on any atom is -0.475 e. The van der Waals surface area contributed by atoms with Gasteiger partial charge in [0, 0.05) is 6.04 Å². The van der Waals surface area contributed by atoms with Gasteiger partial charge in [0.05, 0.1) is 6.54 Å². The molecule has 2 N–H and O–H groups in total. The first-order chi connectivity index (χ1) is 9.74. The number of carboxylic acid groups (broad SMARTS) is 1. The van der Waals surface area contributed by atoms with Gasteiger partial charge in [-0.3, -0.25) is 0 Å². The van der Waals surface area contributed by atoms with Crippen molar-refractivity contribution in [3.63, 3.8) is 0 Å². The van der Waals surface area contributed by atoms with E-state index in [0.29, 0.717) is 18.3 Å². The summed E-state index contributed by atoms with van der Waals surface area (Å²) in [5, 5.41) is 12.3. The lowest BCUT2D eigenvalue weighted by atomic mass is 9.88. The molecule has 1 atom stereocenters. The molecule has 1 heterocycles. The molecule has 2 aromatic rings. The summed E-state index contributed by atoms with van der Waals surface area (Å²) in [6, 6.07) is 12.0. The lowest BCUT2D eigenvalue weighted by molar-refractivity contribution is 0.0660. The van der Waals surface area contributed by atoms with Crippen LogP contribution in [0.15, 0.2) is 40.8 Å². The number of aromatic carboxylic acids is 1. The second-order valence-electron chi connectivity index (χ2n) is 5.10. The highest BCUT2D eigenvalue weighted by Crippen LogP contribution is 2.29. The molecule has 0 fully saturated rings. The summed E-state index contributed by atoms with van der Waals surface area (Å²) in [7, 11) is 0. The van der Waals surface area contributed by atoms with E-state index in [2.05, 4.69) is 29.6 Å². The topological polar surface area (TPSA) is 62.5 Å². The van der Waals surface area contributed by atoms with E-state index in [1.165, 1.54) is 23.6 Å². The van der Waals surface area contributed by atoms with E-state index in [-0.39, 0.29) is 5.76 Å². The molecular formula is C16H17NO3. The van der Waals surface area contributed by atoms with Crippen molar-refractivity contribution < 1.29 is 14.3 Å². The van der Waals surface area contributed by atoms with E-state index in [1.807, 2.05) is 0 Å². The third kappa shape index (κ3) is 2.60. The Hall–Kier alpha value is -2.07. The lowest BCUT2D eigenvalue weighted by Crippen LogP contribution is -2.24. The van der Waals surface area contributed by atoms with Crippen LogP contribution in [-0.4, -0.2) is 11.1 Å². The summed E-state index contributed by atoms with van der Waals surface area (Å²) < 4.78 is 5.26. The Morgan fingerprint density at radius 2 is 2.15 bits per heavy atom. The Balaban J connectivity index is 1.68. The molecular weight excluding hydrogens is 254 g/mol. The van der Waals surface area contributed by atoms with Crippen molar-refractivity contribution in [2.45, 2.75) is 31.8 Å². The fourth-order valence-electron chi connectivity index (χ4n) is 2.78. The van der Waals surface area contributed by atoms with E-state index in [9.17, 15) is 4.79 Å². The fraction of sp³-hybridized carbons (Fsp3) is 0.312. The van der Waals surface area contributed by atoms with E-state index in [0.717, 1.165) is 12.8 Å². The molecule has 1 aromatic heterocycles. The van der Waals surface area contributed by atoms with Gasteiger partial charge in [0.25, 0.3) is 0 Å². The summed E-state index contributed by atoms with van der Waals surface area (Å²) in [5.74, 6) is -0.379. The van der Waals surface area contributed by atoms with Gasteiger partial charge in [-0.15, -0.1) is 0 Å². The van der Waals surface area contributed by atoms with Gasteiger partial charge >= 0.3 is 5.97 Å². The monoisotopic (exact) mass is 271 g/mol. The second kappa shape index (κ2) is 5.51. The predicted molar refractivity (Wildman–Crippen MR) is 74.6 cm³/mol. The number of fused-ring (bicyclic) bond motifs is 1. The van der Waals surface area contributed by atoms with Crippen LogP contribution in [0.4, 0.5) is 0 Å². The standard InChI is InChI=1S/C16H17NO3/c18-16(19)15-9-8-12(20-15)10-17-14-7-3-5-11-4-1-2-6-13(11)14/h1-2,4,6,8-9,14,17H,3,5,7,10H2,(H,18,19). The van der Waals surface area contributed by atoms with Gasteiger partial charge in [-0.2, -0.15) is 0 Å². The SMILES string of the molecule is O=C(O)c1ccc(CNC2CCCc3ccccc32)o1. The summed E-state index contributed by atoms with van der Waals surface area (Å²) >= 11 is 0.